The molecular weight excluding hydrogens is 397 g/mol. The van der Waals surface area contributed by atoms with E-state index < -0.39 is 21.5 Å². The van der Waals surface area contributed by atoms with Gasteiger partial charge in [0.05, 0.1) is 5.69 Å². The van der Waals surface area contributed by atoms with Crippen molar-refractivity contribution in [2.45, 2.75) is 24.2 Å². The van der Waals surface area contributed by atoms with Crippen LogP contribution in [0.4, 0.5) is 4.39 Å². The summed E-state index contributed by atoms with van der Waals surface area (Å²) in [7, 11) is -3.57. The SMILES string of the molecule is O=c1[nH]nc(CC2CCN(S(=O)(=O)c3cccnc3)CC2)n1-c1ccccc1F. The van der Waals surface area contributed by atoms with Crippen LogP contribution in [0, 0.1) is 11.7 Å². The Kier molecular flexibility index (Phi) is 5.29. The van der Waals surface area contributed by atoms with Crippen molar-refractivity contribution in [3.8, 4) is 5.69 Å². The third-order valence-electron chi connectivity index (χ3n) is 5.15. The summed E-state index contributed by atoms with van der Waals surface area (Å²) in [6.07, 6.45) is 4.58. The van der Waals surface area contributed by atoms with E-state index in [9.17, 15) is 17.6 Å². The van der Waals surface area contributed by atoms with Crippen LogP contribution in [-0.4, -0.2) is 45.6 Å². The van der Waals surface area contributed by atoms with Gasteiger partial charge in [0.15, 0.2) is 0 Å². The lowest BCUT2D eigenvalue weighted by molar-refractivity contribution is 0.269. The zero-order chi connectivity index (χ0) is 20.4. The van der Waals surface area contributed by atoms with Crippen molar-refractivity contribution in [2.24, 2.45) is 5.92 Å². The second-order valence-corrected chi connectivity index (χ2v) is 8.91. The molecule has 4 rings (SSSR count). The van der Waals surface area contributed by atoms with Crippen LogP contribution in [0.3, 0.4) is 0 Å². The summed E-state index contributed by atoms with van der Waals surface area (Å²) in [4.78, 5) is 16.2. The number of H-pyrrole nitrogens is 1. The summed E-state index contributed by atoms with van der Waals surface area (Å²) < 4.78 is 42.3. The molecule has 3 aromatic rings. The second-order valence-electron chi connectivity index (χ2n) is 6.97. The predicted molar refractivity (Wildman–Crippen MR) is 104 cm³/mol. The standard InChI is InChI=1S/C19H20FN5O3S/c20-16-5-1-2-6-17(16)25-18(22-23-19(25)26)12-14-7-10-24(11-8-14)29(27,28)15-4-3-9-21-13-15/h1-6,9,13-14H,7-8,10-12H2,(H,23,26). The largest absolute Gasteiger partial charge is 0.348 e. The summed E-state index contributed by atoms with van der Waals surface area (Å²) in [6, 6.07) is 9.16. The van der Waals surface area contributed by atoms with Crippen molar-refractivity contribution >= 4 is 10.0 Å². The Bertz CT molecular complexity index is 1150. The Morgan fingerprint density at radius 1 is 1.14 bits per heavy atom. The van der Waals surface area contributed by atoms with Gasteiger partial charge in [-0.2, -0.15) is 9.40 Å². The Balaban J connectivity index is 1.48. The van der Waals surface area contributed by atoms with E-state index in [1.807, 2.05) is 0 Å². The zero-order valence-corrected chi connectivity index (χ0v) is 16.3. The fraction of sp³-hybridized carbons (Fsp3) is 0.316. The first kappa shape index (κ1) is 19.5. The van der Waals surface area contributed by atoms with Gasteiger partial charge in [-0.15, -0.1) is 0 Å². The summed E-state index contributed by atoms with van der Waals surface area (Å²) >= 11 is 0. The van der Waals surface area contributed by atoms with Crippen molar-refractivity contribution in [3.63, 3.8) is 0 Å². The van der Waals surface area contributed by atoms with Crippen molar-refractivity contribution in [1.29, 1.82) is 0 Å². The lowest BCUT2D eigenvalue weighted by atomic mass is 9.94. The van der Waals surface area contributed by atoms with Crippen LogP contribution in [0.1, 0.15) is 18.7 Å². The minimum atomic E-state index is -3.57. The first-order valence-corrected chi connectivity index (χ1v) is 10.7. The Morgan fingerprint density at radius 3 is 2.59 bits per heavy atom. The van der Waals surface area contributed by atoms with E-state index in [1.165, 1.54) is 39.5 Å². The maximum atomic E-state index is 14.2. The molecule has 1 aliphatic rings. The molecule has 0 radical (unpaired) electrons. The molecule has 0 spiro atoms. The van der Waals surface area contributed by atoms with E-state index in [2.05, 4.69) is 15.2 Å². The van der Waals surface area contributed by atoms with Gasteiger partial charge in [0.1, 0.15) is 16.5 Å². The van der Waals surface area contributed by atoms with E-state index in [1.54, 1.807) is 18.2 Å². The maximum absolute atomic E-state index is 14.2. The monoisotopic (exact) mass is 417 g/mol. The zero-order valence-electron chi connectivity index (χ0n) is 15.5. The van der Waals surface area contributed by atoms with E-state index in [0.29, 0.717) is 38.2 Å². The van der Waals surface area contributed by atoms with Gasteiger partial charge in [0.25, 0.3) is 0 Å². The van der Waals surface area contributed by atoms with Crippen LogP contribution in [0.5, 0.6) is 0 Å². The molecule has 0 amide bonds. The molecule has 29 heavy (non-hydrogen) atoms. The lowest BCUT2D eigenvalue weighted by Crippen LogP contribution is -2.39. The highest BCUT2D eigenvalue weighted by atomic mass is 32.2. The highest BCUT2D eigenvalue weighted by Crippen LogP contribution is 2.26. The molecule has 1 saturated heterocycles. The average Bonchev–Trinajstić information content (AvgIpc) is 3.09. The summed E-state index contributed by atoms with van der Waals surface area (Å²) in [6.45, 7) is 0.743. The number of halogens is 1. The first-order chi connectivity index (χ1) is 14.0. The minimum Gasteiger partial charge on any atom is -0.263 e. The van der Waals surface area contributed by atoms with Gasteiger partial charge in [-0.3, -0.25) is 4.98 Å². The number of aromatic amines is 1. The van der Waals surface area contributed by atoms with Gasteiger partial charge in [-0.05, 0) is 43.0 Å². The second kappa shape index (κ2) is 7.88. The number of piperidine rings is 1. The molecular formula is C19H20FN5O3S. The number of aromatic nitrogens is 4. The highest BCUT2D eigenvalue weighted by molar-refractivity contribution is 7.89. The molecule has 3 heterocycles. The lowest BCUT2D eigenvalue weighted by Gasteiger charge is -2.31. The fourth-order valence-corrected chi connectivity index (χ4v) is 5.04. The predicted octanol–water partition coefficient (Wildman–Crippen LogP) is 1.74. The molecule has 152 valence electrons. The van der Waals surface area contributed by atoms with Crippen LogP contribution >= 0.6 is 0 Å². The van der Waals surface area contributed by atoms with Crippen molar-refractivity contribution in [2.75, 3.05) is 13.1 Å². The number of nitrogens with one attached hydrogen (secondary N) is 1. The average molecular weight is 417 g/mol. The molecule has 0 bridgehead atoms. The number of hydrogen-bond donors (Lipinski definition) is 1. The number of nitrogens with zero attached hydrogens (tertiary/aromatic N) is 4. The fourth-order valence-electron chi connectivity index (χ4n) is 3.61. The normalized spacial score (nSPS) is 16.2. The van der Waals surface area contributed by atoms with Crippen LogP contribution in [0.2, 0.25) is 0 Å². The number of sulfonamides is 1. The molecule has 10 heteroatoms. The molecule has 0 unspecified atom stereocenters. The van der Waals surface area contributed by atoms with Crippen molar-refractivity contribution in [3.05, 3.63) is 70.9 Å². The van der Waals surface area contributed by atoms with E-state index in [4.69, 9.17) is 0 Å². The third kappa shape index (κ3) is 3.85. The molecule has 1 aromatic carbocycles. The number of benzene rings is 1. The third-order valence-corrected chi connectivity index (χ3v) is 7.03. The van der Waals surface area contributed by atoms with Crippen LogP contribution in [0.15, 0.2) is 58.5 Å². The van der Waals surface area contributed by atoms with Gasteiger partial charge in [-0.25, -0.2) is 27.3 Å². The minimum absolute atomic E-state index is 0.135. The molecule has 8 nitrogen and oxygen atoms in total. The Morgan fingerprint density at radius 2 is 1.90 bits per heavy atom. The van der Waals surface area contributed by atoms with Gasteiger partial charge in [0, 0.05) is 31.9 Å². The molecule has 1 N–H and O–H groups in total. The van der Waals surface area contributed by atoms with Gasteiger partial charge in [-0.1, -0.05) is 12.1 Å². The summed E-state index contributed by atoms with van der Waals surface area (Å²) in [5.74, 6) is 0.0689. The van der Waals surface area contributed by atoms with Crippen LogP contribution in [-0.2, 0) is 16.4 Å². The van der Waals surface area contributed by atoms with Gasteiger partial charge < -0.3 is 0 Å². The Hall–Kier alpha value is -2.85. The molecule has 1 aliphatic heterocycles. The number of rotatable bonds is 5. The Labute approximate surface area is 167 Å². The number of pyridine rings is 1. The molecule has 1 fully saturated rings. The van der Waals surface area contributed by atoms with Crippen molar-refractivity contribution < 1.29 is 12.8 Å². The molecule has 0 aliphatic carbocycles. The number of hydrogen-bond acceptors (Lipinski definition) is 5. The molecule has 0 saturated carbocycles. The summed E-state index contributed by atoms with van der Waals surface area (Å²) in [5, 5.41) is 6.45. The van der Waals surface area contributed by atoms with Crippen molar-refractivity contribution in [1.82, 2.24) is 24.1 Å². The smallest absolute Gasteiger partial charge is 0.263 e. The quantitative estimate of drug-likeness (QED) is 0.681. The highest BCUT2D eigenvalue weighted by Gasteiger charge is 2.30. The van der Waals surface area contributed by atoms with E-state index in [-0.39, 0.29) is 16.5 Å². The summed E-state index contributed by atoms with van der Waals surface area (Å²) in [5.41, 5.74) is -0.348. The molecule has 0 atom stereocenters. The van der Waals surface area contributed by atoms with Crippen LogP contribution in [0.25, 0.3) is 5.69 Å². The number of para-hydroxylation sites is 1. The van der Waals surface area contributed by atoms with E-state index in [0.717, 1.165) is 0 Å². The molecule has 2 aromatic heterocycles. The first-order valence-electron chi connectivity index (χ1n) is 9.28. The van der Waals surface area contributed by atoms with Gasteiger partial charge >= 0.3 is 5.69 Å². The van der Waals surface area contributed by atoms with Crippen LogP contribution < -0.4 is 5.69 Å². The van der Waals surface area contributed by atoms with Gasteiger partial charge in [0.2, 0.25) is 10.0 Å². The van der Waals surface area contributed by atoms with E-state index >= 15 is 0 Å². The topological polar surface area (TPSA) is 101 Å². The maximum Gasteiger partial charge on any atom is 0.348 e.